The summed E-state index contributed by atoms with van der Waals surface area (Å²) >= 11 is 0. The first-order chi connectivity index (χ1) is 12.7. The minimum absolute atomic E-state index is 0.231. The van der Waals surface area contributed by atoms with Crippen molar-refractivity contribution in [1.82, 2.24) is 14.5 Å². The van der Waals surface area contributed by atoms with Crippen LogP contribution in [0, 0.1) is 0 Å². The van der Waals surface area contributed by atoms with Crippen LogP contribution in [-0.4, -0.2) is 34.0 Å². The van der Waals surface area contributed by atoms with Gasteiger partial charge in [-0.1, -0.05) is 64.0 Å². The highest BCUT2D eigenvalue weighted by Crippen LogP contribution is 2.30. The van der Waals surface area contributed by atoms with Crippen LogP contribution in [0.2, 0.25) is 0 Å². The van der Waals surface area contributed by atoms with E-state index in [2.05, 4.69) is 29.7 Å². The van der Waals surface area contributed by atoms with Crippen molar-refractivity contribution in [2.24, 2.45) is 0 Å². The van der Waals surface area contributed by atoms with Crippen LogP contribution < -0.4 is 0 Å². The molecular formula is C22H33N3O. The molecule has 2 heterocycles. The van der Waals surface area contributed by atoms with Gasteiger partial charge in [-0.25, -0.2) is 4.98 Å². The zero-order valence-corrected chi connectivity index (χ0v) is 16.4. The van der Waals surface area contributed by atoms with Gasteiger partial charge >= 0.3 is 0 Å². The summed E-state index contributed by atoms with van der Waals surface area (Å²) in [5.74, 6) is 1.57. The summed E-state index contributed by atoms with van der Waals surface area (Å²) in [6.07, 6.45) is 11.2. The second-order valence-electron chi connectivity index (χ2n) is 7.76. The second-order valence-corrected chi connectivity index (χ2v) is 7.76. The highest BCUT2D eigenvalue weighted by molar-refractivity contribution is 5.80. The third-order valence-corrected chi connectivity index (χ3v) is 5.63. The maximum atomic E-state index is 12.0. The zero-order valence-electron chi connectivity index (χ0n) is 16.4. The van der Waals surface area contributed by atoms with Gasteiger partial charge in [-0.2, -0.15) is 0 Å². The monoisotopic (exact) mass is 355 g/mol. The molecule has 4 heteroatoms. The SMILES string of the molecule is CCCCCCCCCCn1c(C2CC(=O)N(C)C2)nc2ccccc21. The number of rotatable bonds is 10. The number of hydrogen-bond acceptors (Lipinski definition) is 2. The topological polar surface area (TPSA) is 38.1 Å². The maximum Gasteiger partial charge on any atom is 0.223 e. The number of fused-ring (bicyclic) bond motifs is 1. The number of imidazole rings is 1. The van der Waals surface area contributed by atoms with Crippen molar-refractivity contribution < 1.29 is 4.79 Å². The first-order valence-electron chi connectivity index (χ1n) is 10.4. The third-order valence-electron chi connectivity index (χ3n) is 5.63. The van der Waals surface area contributed by atoms with Gasteiger partial charge in [-0.3, -0.25) is 4.79 Å². The smallest absolute Gasteiger partial charge is 0.223 e. The van der Waals surface area contributed by atoms with Crippen LogP contribution in [0.25, 0.3) is 11.0 Å². The van der Waals surface area contributed by atoms with Crippen molar-refractivity contribution in [3.8, 4) is 0 Å². The highest BCUT2D eigenvalue weighted by atomic mass is 16.2. The number of aromatic nitrogens is 2. The summed E-state index contributed by atoms with van der Waals surface area (Å²) in [6.45, 7) is 4.07. The third kappa shape index (κ3) is 4.46. The number of para-hydroxylation sites is 2. The molecule has 1 aliphatic heterocycles. The number of hydrogen-bond donors (Lipinski definition) is 0. The van der Waals surface area contributed by atoms with Crippen molar-refractivity contribution in [2.75, 3.05) is 13.6 Å². The van der Waals surface area contributed by atoms with E-state index >= 15 is 0 Å². The Morgan fingerprint density at radius 2 is 1.73 bits per heavy atom. The van der Waals surface area contributed by atoms with Gasteiger partial charge in [0, 0.05) is 32.5 Å². The minimum Gasteiger partial charge on any atom is -0.345 e. The molecular weight excluding hydrogens is 322 g/mol. The molecule has 1 atom stereocenters. The number of aryl methyl sites for hydroxylation is 1. The van der Waals surface area contributed by atoms with E-state index < -0.39 is 0 Å². The lowest BCUT2D eigenvalue weighted by molar-refractivity contribution is -0.126. The molecule has 0 N–H and O–H groups in total. The highest BCUT2D eigenvalue weighted by Gasteiger charge is 2.31. The van der Waals surface area contributed by atoms with Crippen molar-refractivity contribution >= 4 is 16.9 Å². The molecule has 142 valence electrons. The minimum atomic E-state index is 0.231. The molecule has 4 nitrogen and oxygen atoms in total. The number of unbranched alkanes of at least 4 members (excludes halogenated alkanes) is 7. The lowest BCUT2D eigenvalue weighted by Crippen LogP contribution is -2.19. The fourth-order valence-electron chi connectivity index (χ4n) is 4.08. The van der Waals surface area contributed by atoms with Crippen LogP contribution in [0.15, 0.2) is 24.3 Å². The first-order valence-corrected chi connectivity index (χ1v) is 10.4. The van der Waals surface area contributed by atoms with Crippen LogP contribution in [0.1, 0.15) is 76.5 Å². The number of likely N-dealkylation sites (tertiary alicyclic amines) is 1. The Bertz CT molecular complexity index is 721. The summed E-state index contributed by atoms with van der Waals surface area (Å²) in [6, 6.07) is 8.39. The fourth-order valence-corrected chi connectivity index (χ4v) is 4.08. The van der Waals surface area contributed by atoms with E-state index in [9.17, 15) is 4.79 Å². The van der Waals surface area contributed by atoms with E-state index in [0.29, 0.717) is 6.42 Å². The fraction of sp³-hybridized carbons (Fsp3) is 0.636. The number of likely N-dealkylation sites (N-methyl/N-ethyl adjacent to an activating group) is 1. The van der Waals surface area contributed by atoms with Gasteiger partial charge in [-0.05, 0) is 18.6 Å². The van der Waals surface area contributed by atoms with E-state index in [-0.39, 0.29) is 11.8 Å². The molecule has 3 rings (SSSR count). The van der Waals surface area contributed by atoms with Crippen LogP contribution in [0.3, 0.4) is 0 Å². The molecule has 0 aliphatic carbocycles. The van der Waals surface area contributed by atoms with Crippen molar-refractivity contribution in [2.45, 2.75) is 77.2 Å². The average Bonchev–Trinajstić information content (AvgIpc) is 3.17. The molecule has 1 aromatic carbocycles. The molecule has 26 heavy (non-hydrogen) atoms. The Hall–Kier alpha value is -1.84. The molecule has 1 unspecified atom stereocenters. The van der Waals surface area contributed by atoms with Crippen molar-refractivity contribution in [3.63, 3.8) is 0 Å². The van der Waals surface area contributed by atoms with Gasteiger partial charge in [0.2, 0.25) is 5.91 Å². The van der Waals surface area contributed by atoms with Gasteiger partial charge in [0.25, 0.3) is 0 Å². The summed E-state index contributed by atoms with van der Waals surface area (Å²) in [4.78, 5) is 18.7. The Morgan fingerprint density at radius 1 is 1.04 bits per heavy atom. The second kappa shape index (κ2) is 9.20. The van der Waals surface area contributed by atoms with Gasteiger partial charge < -0.3 is 9.47 Å². The van der Waals surface area contributed by atoms with E-state index in [1.807, 2.05) is 18.0 Å². The van der Waals surface area contributed by atoms with Crippen LogP contribution in [0.5, 0.6) is 0 Å². The zero-order chi connectivity index (χ0) is 18.4. The lowest BCUT2D eigenvalue weighted by atomic mass is 10.1. The van der Waals surface area contributed by atoms with Gasteiger partial charge in [0.1, 0.15) is 5.82 Å². The molecule has 0 spiro atoms. The molecule has 0 saturated carbocycles. The molecule has 1 saturated heterocycles. The lowest BCUT2D eigenvalue weighted by Gasteiger charge is -2.14. The Balaban J connectivity index is 1.61. The number of carbonyl (C=O) groups excluding carboxylic acids is 1. The Kier molecular flexibility index (Phi) is 6.70. The molecule has 0 radical (unpaired) electrons. The summed E-state index contributed by atoms with van der Waals surface area (Å²) in [7, 11) is 1.90. The molecule has 2 aromatic rings. The van der Waals surface area contributed by atoms with E-state index in [4.69, 9.17) is 4.98 Å². The summed E-state index contributed by atoms with van der Waals surface area (Å²) < 4.78 is 2.38. The number of carbonyl (C=O) groups is 1. The van der Waals surface area contributed by atoms with Gasteiger partial charge in [0.05, 0.1) is 11.0 Å². The quantitative estimate of drug-likeness (QED) is 0.555. The molecule has 1 fully saturated rings. The van der Waals surface area contributed by atoms with Crippen molar-refractivity contribution in [1.29, 1.82) is 0 Å². The van der Waals surface area contributed by atoms with E-state index in [1.54, 1.807) is 0 Å². The van der Waals surface area contributed by atoms with Crippen LogP contribution >= 0.6 is 0 Å². The first kappa shape index (κ1) is 18.9. The standard InChI is InChI=1S/C22H33N3O/c1-3-4-5-6-7-8-9-12-15-25-20-14-11-10-13-19(20)23-22(25)18-16-21(26)24(2)17-18/h10-11,13-14,18H,3-9,12,15-17H2,1-2H3. The van der Waals surface area contributed by atoms with E-state index in [0.717, 1.165) is 24.4 Å². The Morgan fingerprint density at radius 3 is 2.42 bits per heavy atom. The normalized spacial score (nSPS) is 17.5. The predicted molar refractivity (Wildman–Crippen MR) is 107 cm³/mol. The van der Waals surface area contributed by atoms with E-state index in [1.165, 1.54) is 56.9 Å². The predicted octanol–water partition coefficient (Wildman–Crippen LogP) is 5.12. The molecule has 0 bridgehead atoms. The van der Waals surface area contributed by atoms with Crippen molar-refractivity contribution in [3.05, 3.63) is 30.1 Å². The largest absolute Gasteiger partial charge is 0.345 e. The number of benzene rings is 1. The molecule has 1 aliphatic rings. The maximum absolute atomic E-state index is 12.0. The van der Waals surface area contributed by atoms with Gasteiger partial charge in [-0.15, -0.1) is 0 Å². The molecule has 1 amide bonds. The van der Waals surface area contributed by atoms with Crippen LogP contribution in [-0.2, 0) is 11.3 Å². The summed E-state index contributed by atoms with van der Waals surface area (Å²) in [5.41, 5.74) is 2.27. The average molecular weight is 356 g/mol. The molecule has 1 aromatic heterocycles. The van der Waals surface area contributed by atoms with Gasteiger partial charge in [0.15, 0.2) is 0 Å². The number of amides is 1. The Labute approximate surface area is 157 Å². The number of nitrogens with zero attached hydrogens (tertiary/aromatic N) is 3. The van der Waals surface area contributed by atoms with Crippen LogP contribution in [0.4, 0.5) is 0 Å². The summed E-state index contributed by atoms with van der Waals surface area (Å²) in [5, 5.41) is 0.